The van der Waals surface area contributed by atoms with Gasteiger partial charge in [-0.15, -0.1) is 0 Å². The normalized spacial score (nSPS) is 35.2. The molecule has 5 nitrogen and oxygen atoms in total. The van der Waals surface area contributed by atoms with E-state index < -0.39 is 9.84 Å². The molecule has 0 bridgehead atoms. The Labute approximate surface area is 88.1 Å². The van der Waals surface area contributed by atoms with Crippen molar-refractivity contribution in [2.24, 2.45) is 11.8 Å². The lowest BCUT2D eigenvalue weighted by atomic mass is 9.85. The number of sulfone groups is 1. The molecule has 0 aliphatic carbocycles. The summed E-state index contributed by atoms with van der Waals surface area (Å²) in [7, 11) is -2.95. The molecule has 0 saturated carbocycles. The van der Waals surface area contributed by atoms with Gasteiger partial charge in [-0.25, -0.2) is 8.42 Å². The minimum absolute atomic E-state index is 0.0944. The quantitative estimate of drug-likeness (QED) is 0.615. The van der Waals surface area contributed by atoms with Crippen molar-refractivity contribution >= 4 is 21.7 Å². The molecule has 2 saturated heterocycles. The number of imide groups is 1. The second kappa shape index (κ2) is 3.59. The molecule has 2 rings (SSSR count). The number of rotatable bonds is 1. The number of nitrogens with one attached hydrogen (secondary N) is 1. The largest absolute Gasteiger partial charge is 0.296 e. The first-order valence-corrected chi connectivity index (χ1v) is 6.84. The van der Waals surface area contributed by atoms with Gasteiger partial charge >= 0.3 is 0 Å². The first-order valence-electron chi connectivity index (χ1n) is 5.02. The molecule has 2 atom stereocenters. The maximum Gasteiger partial charge on any atom is 0.229 e. The number of hydrogen-bond acceptors (Lipinski definition) is 4. The monoisotopic (exact) mass is 231 g/mol. The Balaban J connectivity index is 2.06. The lowest BCUT2D eigenvalue weighted by Gasteiger charge is -2.24. The van der Waals surface area contributed by atoms with Crippen molar-refractivity contribution in [3.8, 4) is 0 Å². The van der Waals surface area contributed by atoms with Gasteiger partial charge in [-0.05, 0) is 18.8 Å². The average Bonchev–Trinajstić information content (AvgIpc) is 2.46. The molecule has 0 aromatic rings. The fraction of sp³-hybridized carbons (Fsp3) is 0.778. The summed E-state index contributed by atoms with van der Waals surface area (Å²) in [6, 6.07) is 0. The van der Waals surface area contributed by atoms with Crippen molar-refractivity contribution in [1.82, 2.24) is 5.32 Å². The Morgan fingerprint density at radius 1 is 1.20 bits per heavy atom. The molecule has 15 heavy (non-hydrogen) atoms. The second-order valence-corrected chi connectivity index (χ2v) is 6.45. The molecule has 84 valence electrons. The maximum atomic E-state index is 11.5. The molecule has 2 fully saturated rings. The molecule has 0 aromatic heterocycles. The number of carbonyl (C=O) groups excluding carboxylic acids is 2. The van der Waals surface area contributed by atoms with Gasteiger partial charge in [-0.1, -0.05) is 0 Å². The van der Waals surface area contributed by atoms with Crippen molar-refractivity contribution in [2.45, 2.75) is 19.3 Å². The minimum atomic E-state index is -2.95. The van der Waals surface area contributed by atoms with Gasteiger partial charge in [0.25, 0.3) is 0 Å². The molecule has 2 unspecified atom stereocenters. The van der Waals surface area contributed by atoms with Crippen LogP contribution in [0.4, 0.5) is 0 Å². The van der Waals surface area contributed by atoms with E-state index >= 15 is 0 Å². The van der Waals surface area contributed by atoms with E-state index in [9.17, 15) is 18.0 Å². The molecule has 2 amide bonds. The van der Waals surface area contributed by atoms with Crippen molar-refractivity contribution in [3.05, 3.63) is 0 Å². The number of hydrogen-bond donors (Lipinski definition) is 1. The van der Waals surface area contributed by atoms with Gasteiger partial charge in [0.1, 0.15) is 0 Å². The molecular weight excluding hydrogens is 218 g/mol. The van der Waals surface area contributed by atoms with E-state index in [1.807, 2.05) is 0 Å². The third kappa shape index (κ3) is 2.19. The highest BCUT2D eigenvalue weighted by Gasteiger charge is 2.39. The Bertz CT molecular complexity index is 400. The van der Waals surface area contributed by atoms with Crippen molar-refractivity contribution < 1.29 is 18.0 Å². The zero-order chi connectivity index (χ0) is 11.1. The first-order chi connectivity index (χ1) is 6.98. The summed E-state index contributed by atoms with van der Waals surface area (Å²) < 4.78 is 22.5. The summed E-state index contributed by atoms with van der Waals surface area (Å²) in [5.41, 5.74) is 0. The Morgan fingerprint density at radius 3 is 2.47 bits per heavy atom. The Hall–Kier alpha value is -0.910. The van der Waals surface area contributed by atoms with E-state index in [0.717, 1.165) is 0 Å². The molecule has 2 aliphatic rings. The first kappa shape index (κ1) is 10.6. The fourth-order valence-electron chi connectivity index (χ4n) is 2.30. The molecule has 6 heteroatoms. The predicted octanol–water partition coefficient (Wildman–Crippen LogP) is -0.526. The maximum absolute atomic E-state index is 11.5. The Morgan fingerprint density at radius 2 is 1.93 bits per heavy atom. The van der Waals surface area contributed by atoms with Crippen LogP contribution in [0.5, 0.6) is 0 Å². The summed E-state index contributed by atoms with van der Waals surface area (Å²) in [5.74, 6) is -0.664. The van der Waals surface area contributed by atoms with Crippen LogP contribution in [0.15, 0.2) is 0 Å². The van der Waals surface area contributed by atoms with E-state index in [2.05, 4.69) is 5.32 Å². The zero-order valence-electron chi connectivity index (χ0n) is 8.23. The predicted molar refractivity (Wildman–Crippen MR) is 52.6 cm³/mol. The highest BCUT2D eigenvalue weighted by Crippen LogP contribution is 2.30. The SMILES string of the molecule is O=C1CCC(C2CCS(=O)(=O)C2)C(=O)N1. The second-order valence-electron chi connectivity index (χ2n) is 4.22. The van der Waals surface area contributed by atoms with Gasteiger partial charge in [0.15, 0.2) is 9.84 Å². The fourth-order valence-corrected chi connectivity index (χ4v) is 4.18. The lowest BCUT2D eigenvalue weighted by Crippen LogP contribution is -2.43. The standard InChI is InChI=1S/C9H13NO4S/c11-8-2-1-7(9(12)10-8)6-3-4-15(13,14)5-6/h6-7H,1-5H2,(H,10,11,12). The lowest BCUT2D eigenvalue weighted by molar-refractivity contribution is -0.137. The van der Waals surface area contributed by atoms with Crippen molar-refractivity contribution in [3.63, 3.8) is 0 Å². The highest BCUT2D eigenvalue weighted by molar-refractivity contribution is 7.91. The van der Waals surface area contributed by atoms with Crippen LogP contribution in [0.1, 0.15) is 19.3 Å². The smallest absolute Gasteiger partial charge is 0.229 e. The summed E-state index contributed by atoms with van der Waals surface area (Å²) in [6.07, 6.45) is 1.37. The minimum Gasteiger partial charge on any atom is -0.296 e. The van der Waals surface area contributed by atoms with Crippen LogP contribution in [0, 0.1) is 11.8 Å². The molecule has 2 heterocycles. The van der Waals surface area contributed by atoms with Gasteiger partial charge in [0, 0.05) is 12.3 Å². The van der Waals surface area contributed by atoms with Crippen LogP contribution >= 0.6 is 0 Å². The van der Waals surface area contributed by atoms with Crippen molar-refractivity contribution in [1.29, 1.82) is 0 Å². The molecule has 0 aromatic carbocycles. The van der Waals surface area contributed by atoms with Gasteiger partial charge < -0.3 is 0 Å². The third-order valence-corrected chi connectivity index (χ3v) is 4.91. The van der Waals surface area contributed by atoms with Crippen LogP contribution < -0.4 is 5.32 Å². The summed E-state index contributed by atoms with van der Waals surface area (Å²) in [5, 5.41) is 2.26. The summed E-state index contributed by atoms with van der Waals surface area (Å²) in [6.45, 7) is 0. The van der Waals surface area contributed by atoms with Crippen LogP contribution in [0.3, 0.4) is 0 Å². The van der Waals surface area contributed by atoms with Crippen LogP contribution in [0.25, 0.3) is 0 Å². The molecule has 1 N–H and O–H groups in total. The third-order valence-electron chi connectivity index (χ3n) is 3.12. The molecular formula is C9H13NO4S. The number of amides is 2. The van der Waals surface area contributed by atoms with E-state index in [1.165, 1.54) is 0 Å². The summed E-state index contributed by atoms with van der Waals surface area (Å²) in [4.78, 5) is 22.4. The summed E-state index contributed by atoms with van der Waals surface area (Å²) >= 11 is 0. The molecule has 2 aliphatic heterocycles. The van der Waals surface area contributed by atoms with Gasteiger partial charge in [0.2, 0.25) is 11.8 Å². The highest BCUT2D eigenvalue weighted by atomic mass is 32.2. The van der Waals surface area contributed by atoms with Gasteiger partial charge in [-0.2, -0.15) is 0 Å². The molecule has 0 radical (unpaired) electrons. The topological polar surface area (TPSA) is 80.3 Å². The zero-order valence-corrected chi connectivity index (χ0v) is 9.05. The number of carbonyl (C=O) groups is 2. The van der Waals surface area contributed by atoms with Crippen LogP contribution in [0.2, 0.25) is 0 Å². The van der Waals surface area contributed by atoms with E-state index in [0.29, 0.717) is 19.3 Å². The van der Waals surface area contributed by atoms with Crippen molar-refractivity contribution in [2.75, 3.05) is 11.5 Å². The van der Waals surface area contributed by atoms with E-state index in [4.69, 9.17) is 0 Å². The van der Waals surface area contributed by atoms with E-state index in [-0.39, 0.29) is 35.2 Å². The van der Waals surface area contributed by atoms with Gasteiger partial charge in [0.05, 0.1) is 11.5 Å². The Kier molecular flexibility index (Phi) is 2.54. The van der Waals surface area contributed by atoms with Crippen LogP contribution in [-0.2, 0) is 19.4 Å². The average molecular weight is 231 g/mol. The van der Waals surface area contributed by atoms with Gasteiger partial charge in [-0.3, -0.25) is 14.9 Å². The molecule has 0 spiro atoms. The number of piperidine rings is 1. The van der Waals surface area contributed by atoms with E-state index in [1.54, 1.807) is 0 Å². The van der Waals surface area contributed by atoms with Crippen LogP contribution in [-0.4, -0.2) is 31.7 Å².